The van der Waals surface area contributed by atoms with Crippen LogP contribution in [-0.2, 0) is 20.6 Å². The van der Waals surface area contributed by atoms with E-state index in [4.69, 9.17) is 4.74 Å². The number of benzene rings is 4. The molecule has 1 amide bonds. The molecular formula is C30H30N2O4S2. The summed E-state index contributed by atoms with van der Waals surface area (Å²) in [5.41, 5.74) is 3.79. The lowest BCUT2D eigenvalue weighted by atomic mass is 10.2. The summed E-state index contributed by atoms with van der Waals surface area (Å²) in [5, 5.41) is 2.84. The van der Waals surface area contributed by atoms with Crippen LogP contribution in [0.2, 0.25) is 0 Å². The van der Waals surface area contributed by atoms with Crippen LogP contribution in [0.3, 0.4) is 0 Å². The van der Waals surface area contributed by atoms with Crippen molar-refractivity contribution in [3.05, 3.63) is 114 Å². The summed E-state index contributed by atoms with van der Waals surface area (Å²) >= 11 is 1.73. The van der Waals surface area contributed by atoms with E-state index in [1.165, 1.54) is 12.0 Å². The van der Waals surface area contributed by atoms with Gasteiger partial charge in [0.25, 0.3) is 10.0 Å². The summed E-state index contributed by atoms with van der Waals surface area (Å²) in [5.74, 6) is 0.698. The Morgan fingerprint density at radius 3 is 2.18 bits per heavy atom. The molecule has 0 aliphatic rings. The zero-order chi connectivity index (χ0) is 27.1. The summed E-state index contributed by atoms with van der Waals surface area (Å²) in [7, 11) is -2.58. The van der Waals surface area contributed by atoms with Crippen LogP contribution < -0.4 is 14.4 Å². The molecule has 0 aliphatic heterocycles. The van der Waals surface area contributed by atoms with Crippen molar-refractivity contribution >= 4 is 39.1 Å². The zero-order valence-electron chi connectivity index (χ0n) is 21.5. The molecule has 0 fully saturated rings. The van der Waals surface area contributed by atoms with Gasteiger partial charge in [-0.1, -0.05) is 54.1 Å². The van der Waals surface area contributed by atoms with Gasteiger partial charge in [-0.2, -0.15) is 0 Å². The van der Waals surface area contributed by atoms with E-state index in [1.54, 1.807) is 48.2 Å². The minimum absolute atomic E-state index is 0.0970. The Hall–Kier alpha value is -3.75. The number of ether oxygens (including phenoxy) is 1. The highest BCUT2D eigenvalue weighted by molar-refractivity contribution is 7.98. The number of nitrogens with zero attached hydrogens (tertiary/aromatic N) is 1. The van der Waals surface area contributed by atoms with Crippen LogP contribution in [0, 0.1) is 13.8 Å². The van der Waals surface area contributed by atoms with Gasteiger partial charge >= 0.3 is 0 Å². The monoisotopic (exact) mass is 546 g/mol. The number of hydrogen-bond acceptors (Lipinski definition) is 5. The van der Waals surface area contributed by atoms with E-state index < -0.39 is 22.5 Å². The van der Waals surface area contributed by atoms with Gasteiger partial charge in [0.1, 0.15) is 12.3 Å². The molecule has 0 bridgehead atoms. The molecule has 0 saturated heterocycles. The SMILES string of the molecule is COc1ccc(C)cc1N(CC(=O)Nc1ccc(CSc2ccccc2)cc1)S(=O)(=O)c1ccc(C)cc1. The van der Waals surface area contributed by atoms with Crippen molar-refractivity contribution in [3.63, 3.8) is 0 Å². The minimum Gasteiger partial charge on any atom is -0.495 e. The second-order valence-corrected chi connectivity index (χ2v) is 11.8. The Balaban J connectivity index is 1.54. The molecular weight excluding hydrogens is 516 g/mol. The van der Waals surface area contributed by atoms with E-state index in [1.807, 2.05) is 62.4 Å². The van der Waals surface area contributed by atoms with Gasteiger partial charge < -0.3 is 10.1 Å². The van der Waals surface area contributed by atoms with Crippen molar-refractivity contribution in [2.45, 2.75) is 29.4 Å². The van der Waals surface area contributed by atoms with E-state index in [0.29, 0.717) is 17.1 Å². The number of hydrogen-bond donors (Lipinski definition) is 1. The summed E-state index contributed by atoms with van der Waals surface area (Å²) in [6, 6.07) is 29.5. The van der Waals surface area contributed by atoms with Crippen LogP contribution >= 0.6 is 11.8 Å². The second-order valence-electron chi connectivity index (χ2n) is 8.85. The van der Waals surface area contributed by atoms with Gasteiger partial charge in [0.2, 0.25) is 5.91 Å². The number of carbonyl (C=O) groups excluding carboxylic acids is 1. The third-order valence-electron chi connectivity index (χ3n) is 5.89. The Morgan fingerprint density at radius 2 is 1.53 bits per heavy atom. The number of carbonyl (C=O) groups is 1. The van der Waals surface area contributed by atoms with Crippen molar-refractivity contribution in [2.75, 3.05) is 23.3 Å². The summed E-state index contributed by atoms with van der Waals surface area (Å²) in [4.78, 5) is 14.4. The first-order valence-electron chi connectivity index (χ1n) is 12.1. The molecule has 6 nitrogen and oxygen atoms in total. The molecule has 0 unspecified atom stereocenters. The van der Waals surface area contributed by atoms with Crippen molar-refractivity contribution in [2.24, 2.45) is 0 Å². The molecule has 0 atom stereocenters. The molecule has 0 aromatic heterocycles. The minimum atomic E-state index is -4.06. The Morgan fingerprint density at radius 1 is 0.868 bits per heavy atom. The Kier molecular flexibility index (Phi) is 8.76. The normalized spacial score (nSPS) is 11.1. The molecule has 1 N–H and O–H groups in total. The number of aryl methyl sites for hydroxylation is 2. The van der Waals surface area contributed by atoms with E-state index >= 15 is 0 Å². The molecule has 0 saturated carbocycles. The molecule has 0 aliphatic carbocycles. The highest BCUT2D eigenvalue weighted by atomic mass is 32.2. The number of amides is 1. The maximum absolute atomic E-state index is 13.7. The predicted octanol–water partition coefficient (Wildman–Crippen LogP) is 6.44. The molecule has 4 aromatic carbocycles. The zero-order valence-corrected chi connectivity index (χ0v) is 23.2. The second kappa shape index (κ2) is 12.2. The van der Waals surface area contributed by atoms with Gasteiger partial charge in [0.15, 0.2) is 0 Å². The summed E-state index contributed by atoms with van der Waals surface area (Å²) < 4.78 is 34.0. The van der Waals surface area contributed by atoms with Gasteiger partial charge in [0, 0.05) is 16.3 Å². The van der Waals surface area contributed by atoms with E-state index in [0.717, 1.165) is 26.7 Å². The first kappa shape index (κ1) is 27.3. The van der Waals surface area contributed by atoms with Crippen LogP contribution in [0.1, 0.15) is 16.7 Å². The fourth-order valence-corrected chi connectivity index (χ4v) is 6.13. The average Bonchev–Trinajstić information content (AvgIpc) is 2.92. The highest BCUT2D eigenvalue weighted by Crippen LogP contribution is 2.33. The van der Waals surface area contributed by atoms with Gasteiger partial charge in [0.05, 0.1) is 17.7 Å². The average molecular weight is 547 g/mol. The number of rotatable bonds is 10. The predicted molar refractivity (Wildman–Crippen MR) is 155 cm³/mol. The molecule has 0 heterocycles. The topological polar surface area (TPSA) is 75.7 Å². The van der Waals surface area contributed by atoms with E-state index in [9.17, 15) is 13.2 Å². The maximum atomic E-state index is 13.7. The lowest BCUT2D eigenvalue weighted by molar-refractivity contribution is -0.114. The fraction of sp³-hybridized carbons (Fsp3) is 0.167. The summed E-state index contributed by atoms with van der Waals surface area (Å²) in [6.45, 7) is 3.33. The smallest absolute Gasteiger partial charge is 0.264 e. The van der Waals surface area contributed by atoms with Crippen LogP contribution in [0.15, 0.2) is 107 Å². The number of sulfonamides is 1. The van der Waals surface area contributed by atoms with Crippen molar-refractivity contribution in [1.82, 2.24) is 0 Å². The lowest BCUT2D eigenvalue weighted by Gasteiger charge is -2.26. The van der Waals surface area contributed by atoms with Gasteiger partial charge in [-0.3, -0.25) is 9.10 Å². The fourth-order valence-electron chi connectivity index (χ4n) is 3.83. The van der Waals surface area contributed by atoms with Gasteiger partial charge in [-0.15, -0.1) is 11.8 Å². The number of methoxy groups -OCH3 is 1. The number of anilines is 2. The molecule has 196 valence electrons. The maximum Gasteiger partial charge on any atom is 0.264 e. The van der Waals surface area contributed by atoms with Crippen LogP contribution in [0.25, 0.3) is 0 Å². The lowest BCUT2D eigenvalue weighted by Crippen LogP contribution is -2.38. The van der Waals surface area contributed by atoms with Crippen LogP contribution in [-0.4, -0.2) is 28.0 Å². The molecule has 8 heteroatoms. The van der Waals surface area contributed by atoms with Crippen molar-refractivity contribution < 1.29 is 17.9 Å². The van der Waals surface area contributed by atoms with Crippen LogP contribution in [0.5, 0.6) is 5.75 Å². The molecule has 4 rings (SSSR count). The van der Waals surface area contributed by atoms with E-state index in [2.05, 4.69) is 17.4 Å². The van der Waals surface area contributed by atoms with Crippen LogP contribution in [0.4, 0.5) is 11.4 Å². The Labute approximate surface area is 228 Å². The van der Waals surface area contributed by atoms with Crippen molar-refractivity contribution in [3.8, 4) is 5.75 Å². The third-order valence-corrected chi connectivity index (χ3v) is 8.74. The first-order valence-corrected chi connectivity index (χ1v) is 14.5. The van der Waals surface area contributed by atoms with Gasteiger partial charge in [-0.25, -0.2) is 8.42 Å². The standard InChI is InChI=1S/C30H30N2O4S2/c1-22-9-16-27(17-10-22)38(34,35)32(28-19-23(2)11-18-29(28)36-3)20-30(33)31-25-14-12-24(13-15-25)21-37-26-7-5-4-6-8-26/h4-19H,20-21H2,1-3H3,(H,31,33). The van der Waals surface area contributed by atoms with E-state index in [-0.39, 0.29) is 4.90 Å². The number of thioether (sulfide) groups is 1. The van der Waals surface area contributed by atoms with Crippen molar-refractivity contribution in [1.29, 1.82) is 0 Å². The largest absolute Gasteiger partial charge is 0.495 e. The molecule has 0 spiro atoms. The summed E-state index contributed by atoms with van der Waals surface area (Å²) in [6.07, 6.45) is 0. The first-order chi connectivity index (χ1) is 18.3. The number of nitrogens with one attached hydrogen (secondary N) is 1. The van der Waals surface area contributed by atoms with Gasteiger partial charge in [-0.05, 0) is 73.5 Å². The molecule has 38 heavy (non-hydrogen) atoms. The molecule has 0 radical (unpaired) electrons. The quantitative estimate of drug-likeness (QED) is 0.232. The molecule has 4 aromatic rings. The third kappa shape index (κ3) is 6.76. The highest BCUT2D eigenvalue weighted by Gasteiger charge is 2.29. The Bertz CT molecular complexity index is 1490.